The first kappa shape index (κ1) is 20.9. The molecule has 1 N–H and O–H groups in total. The Balaban J connectivity index is 2.12. The summed E-state index contributed by atoms with van der Waals surface area (Å²) in [6, 6.07) is 11.1. The Morgan fingerprint density at radius 1 is 1.15 bits per heavy atom. The van der Waals surface area contributed by atoms with Crippen molar-refractivity contribution >= 4 is 21.6 Å². The highest BCUT2D eigenvalue weighted by Gasteiger charge is 2.25. The molecule has 0 atom stereocenters. The minimum absolute atomic E-state index is 0.0752. The summed E-state index contributed by atoms with van der Waals surface area (Å²) in [5.41, 5.74) is 2.21. The van der Waals surface area contributed by atoms with E-state index >= 15 is 0 Å². The van der Waals surface area contributed by atoms with E-state index in [2.05, 4.69) is 10.3 Å². The number of hydrogen-bond donors (Lipinski definition) is 1. The van der Waals surface area contributed by atoms with Crippen molar-refractivity contribution in [2.45, 2.75) is 39.2 Å². The number of hydrogen-bond acceptors (Lipinski definition) is 4. The summed E-state index contributed by atoms with van der Waals surface area (Å²) in [4.78, 5) is 16.2. The molecule has 0 aliphatic heterocycles. The van der Waals surface area contributed by atoms with E-state index in [9.17, 15) is 13.2 Å². The first-order chi connectivity index (χ1) is 12.6. The predicted molar refractivity (Wildman–Crippen MR) is 108 cm³/mol. The number of nitrogens with one attached hydrogen (secondary N) is 1. The SMILES string of the molecule is CC(C)(C)c1ccccc1N(CCC(=O)NCc1cccnc1)S(C)(=O)=O. The van der Waals surface area contributed by atoms with Gasteiger partial charge in [0.1, 0.15) is 0 Å². The van der Waals surface area contributed by atoms with E-state index < -0.39 is 10.0 Å². The molecule has 0 unspecified atom stereocenters. The van der Waals surface area contributed by atoms with Crippen molar-refractivity contribution in [2.24, 2.45) is 0 Å². The smallest absolute Gasteiger partial charge is 0.232 e. The van der Waals surface area contributed by atoms with Crippen molar-refractivity contribution in [3.05, 3.63) is 59.9 Å². The van der Waals surface area contributed by atoms with Crippen LogP contribution in [0.2, 0.25) is 0 Å². The molecule has 0 radical (unpaired) electrons. The summed E-state index contributed by atoms with van der Waals surface area (Å²) in [5, 5.41) is 2.80. The van der Waals surface area contributed by atoms with Crippen molar-refractivity contribution in [3.63, 3.8) is 0 Å². The molecule has 6 nitrogen and oxygen atoms in total. The monoisotopic (exact) mass is 389 g/mol. The van der Waals surface area contributed by atoms with Crippen molar-refractivity contribution in [3.8, 4) is 0 Å². The number of amides is 1. The Morgan fingerprint density at radius 3 is 2.44 bits per heavy atom. The van der Waals surface area contributed by atoms with E-state index in [4.69, 9.17) is 0 Å². The second-order valence-electron chi connectivity index (χ2n) is 7.49. The zero-order valence-corrected chi connectivity index (χ0v) is 17.1. The molecule has 146 valence electrons. The number of sulfonamides is 1. The van der Waals surface area contributed by atoms with E-state index in [0.29, 0.717) is 12.2 Å². The molecule has 0 saturated heterocycles. The van der Waals surface area contributed by atoms with Crippen LogP contribution >= 0.6 is 0 Å². The first-order valence-corrected chi connectivity index (χ1v) is 10.7. The number of carbonyl (C=O) groups excluding carboxylic acids is 1. The van der Waals surface area contributed by atoms with Crippen molar-refractivity contribution in [2.75, 3.05) is 17.1 Å². The fourth-order valence-corrected chi connectivity index (χ4v) is 3.72. The highest BCUT2D eigenvalue weighted by atomic mass is 32.2. The molecule has 7 heteroatoms. The van der Waals surface area contributed by atoms with Crippen LogP contribution in [0, 0.1) is 0 Å². The lowest BCUT2D eigenvalue weighted by Gasteiger charge is -2.30. The third-order valence-electron chi connectivity index (χ3n) is 4.14. The molecule has 0 bridgehead atoms. The van der Waals surface area contributed by atoms with Crippen LogP contribution < -0.4 is 9.62 Å². The molecule has 0 aliphatic rings. The summed E-state index contributed by atoms with van der Waals surface area (Å²) in [6.45, 7) is 6.56. The number of benzene rings is 1. The number of rotatable bonds is 7. The molecule has 2 aromatic rings. The van der Waals surface area contributed by atoms with Gasteiger partial charge in [-0.3, -0.25) is 14.1 Å². The van der Waals surface area contributed by atoms with Gasteiger partial charge < -0.3 is 5.32 Å². The Kier molecular flexibility index (Phi) is 6.59. The summed E-state index contributed by atoms with van der Waals surface area (Å²) in [7, 11) is -3.52. The van der Waals surface area contributed by atoms with Crippen molar-refractivity contribution in [1.29, 1.82) is 0 Å². The van der Waals surface area contributed by atoms with Crippen LogP contribution in [0.5, 0.6) is 0 Å². The number of anilines is 1. The van der Waals surface area contributed by atoms with Crippen molar-refractivity contribution < 1.29 is 13.2 Å². The fraction of sp³-hybridized carbons (Fsp3) is 0.400. The van der Waals surface area contributed by atoms with Gasteiger partial charge in [0, 0.05) is 31.9 Å². The molecule has 1 amide bonds. The maximum Gasteiger partial charge on any atom is 0.232 e. The quantitative estimate of drug-likeness (QED) is 0.790. The van der Waals surface area contributed by atoms with Crippen LogP contribution in [-0.4, -0.2) is 32.1 Å². The van der Waals surface area contributed by atoms with Gasteiger partial charge in [-0.25, -0.2) is 8.42 Å². The molecule has 1 aromatic heterocycles. The van der Waals surface area contributed by atoms with Gasteiger partial charge in [0.05, 0.1) is 11.9 Å². The highest BCUT2D eigenvalue weighted by Crippen LogP contribution is 2.33. The van der Waals surface area contributed by atoms with E-state index in [1.807, 2.05) is 45.0 Å². The molecular formula is C20H27N3O3S. The Morgan fingerprint density at radius 2 is 1.85 bits per heavy atom. The maximum atomic E-state index is 12.4. The molecule has 1 heterocycles. The predicted octanol–water partition coefficient (Wildman–Crippen LogP) is 2.85. The maximum absolute atomic E-state index is 12.4. The van der Waals surface area contributed by atoms with Gasteiger partial charge >= 0.3 is 0 Å². The van der Waals surface area contributed by atoms with E-state index in [1.165, 1.54) is 10.6 Å². The normalized spacial score (nSPS) is 11.9. The molecule has 1 aromatic carbocycles. The number of carbonyl (C=O) groups is 1. The van der Waals surface area contributed by atoms with Gasteiger partial charge in [0.15, 0.2) is 0 Å². The Hall–Kier alpha value is -2.41. The van der Waals surface area contributed by atoms with Crippen LogP contribution in [0.4, 0.5) is 5.69 Å². The molecule has 27 heavy (non-hydrogen) atoms. The molecule has 0 spiro atoms. The molecule has 2 rings (SSSR count). The highest BCUT2D eigenvalue weighted by molar-refractivity contribution is 7.92. The third kappa shape index (κ3) is 6.06. The van der Waals surface area contributed by atoms with E-state index in [-0.39, 0.29) is 24.3 Å². The molecule has 0 saturated carbocycles. The summed E-state index contributed by atoms with van der Waals surface area (Å²) in [6.07, 6.45) is 4.59. The lowest BCUT2D eigenvalue weighted by atomic mass is 9.86. The van der Waals surface area contributed by atoms with E-state index in [1.54, 1.807) is 24.5 Å². The first-order valence-electron chi connectivity index (χ1n) is 8.82. The number of para-hydroxylation sites is 1. The topological polar surface area (TPSA) is 79.4 Å². The van der Waals surface area contributed by atoms with Gasteiger partial charge in [-0.1, -0.05) is 45.0 Å². The summed E-state index contributed by atoms with van der Waals surface area (Å²) in [5.74, 6) is -0.208. The summed E-state index contributed by atoms with van der Waals surface area (Å²) < 4.78 is 26.1. The lowest BCUT2D eigenvalue weighted by molar-refractivity contribution is -0.121. The van der Waals surface area contributed by atoms with Crippen molar-refractivity contribution in [1.82, 2.24) is 10.3 Å². The standard InChI is InChI=1S/C20H27N3O3S/c1-20(2,3)17-9-5-6-10-18(17)23(27(4,25)26)13-11-19(24)22-15-16-8-7-12-21-14-16/h5-10,12,14H,11,13,15H2,1-4H3,(H,22,24). The number of pyridine rings is 1. The van der Waals surface area contributed by atoms with Crippen LogP contribution in [0.3, 0.4) is 0 Å². The van der Waals surface area contributed by atoms with Crippen LogP contribution in [0.25, 0.3) is 0 Å². The van der Waals surface area contributed by atoms with Gasteiger partial charge in [0.2, 0.25) is 15.9 Å². The molecule has 0 aliphatic carbocycles. The second-order valence-corrected chi connectivity index (χ2v) is 9.40. The fourth-order valence-electron chi connectivity index (χ4n) is 2.79. The van der Waals surface area contributed by atoms with E-state index in [0.717, 1.165) is 11.1 Å². The zero-order valence-electron chi connectivity index (χ0n) is 16.3. The Bertz CT molecular complexity index is 875. The second kappa shape index (κ2) is 8.52. The van der Waals surface area contributed by atoms with Gasteiger partial charge in [-0.15, -0.1) is 0 Å². The molecular weight excluding hydrogens is 362 g/mol. The van der Waals surface area contributed by atoms with Gasteiger partial charge in [-0.05, 0) is 28.7 Å². The van der Waals surface area contributed by atoms with Crippen LogP contribution in [0.1, 0.15) is 38.3 Å². The lowest BCUT2D eigenvalue weighted by Crippen LogP contribution is -2.36. The van der Waals surface area contributed by atoms with Gasteiger partial charge in [-0.2, -0.15) is 0 Å². The minimum Gasteiger partial charge on any atom is -0.352 e. The Labute approximate surface area is 161 Å². The average molecular weight is 390 g/mol. The van der Waals surface area contributed by atoms with Gasteiger partial charge in [0.25, 0.3) is 0 Å². The minimum atomic E-state index is -3.52. The third-order valence-corrected chi connectivity index (χ3v) is 5.32. The van der Waals surface area contributed by atoms with Crippen LogP contribution in [0.15, 0.2) is 48.8 Å². The van der Waals surface area contributed by atoms with Crippen LogP contribution in [-0.2, 0) is 26.8 Å². The number of nitrogens with zero attached hydrogens (tertiary/aromatic N) is 2. The summed E-state index contributed by atoms with van der Waals surface area (Å²) >= 11 is 0. The zero-order chi connectivity index (χ0) is 20.1. The average Bonchev–Trinajstić information content (AvgIpc) is 2.59. The number of aromatic nitrogens is 1. The molecule has 0 fully saturated rings. The largest absolute Gasteiger partial charge is 0.352 e.